The molecular formula is C21H41N2O+. The molecule has 0 aromatic rings. The van der Waals surface area contributed by atoms with Gasteiger partial charge in [-0.15, -0.1) is 0 Å². The van der Waals surface area contributed by atoms with Gasteiger partial charge < -0.3 is 10.2 Å². The van der Waals surface area contributed by atoms with Crippen molar-refractivity contribution in [2.75, 3.05) is 27.2 Å². The predicted octanol–water partition coefficient (Wildman–Crippen LogP) is 3.50. The van der Waals surface area contributed by atoms with Crippen LogP contribution in [0.1, 0.15) is 83.5 Å². The normalized spacial score (nSPS) is 16.9. The monoisotopic (exact) mass is 337 g/mol. The minimum atomic E-state index is 0.240. The minimum absolute atomic E-state index is 0.240. The van der Waals surface area contributed by atoms with E-state index < -0.39 is 0 Å². The molecule has 0 bridgehead atoms. The largest absolute Gasteiger partial charge is 0.356 e. The molecule has 0 aliphatic heterocycles. The summed E-state index contributed by atoms with van der Waals surface area (Å²) in [6.07, 6.45) is 21.1. The van der Waals surface area contributed by atoms with Crippen molar-refractivity contribution in [2.45, 2.75) is 83.5 Å². The summed E-state index contributed by atoms with van der Waals surface area (Å²) in [4.78, 5) is 13.1. The molecule has 0 fully saturated rings. The Morgan fingerprint density at radius 3 is 2.29 bits per heavy atom. The fourth-order valence-electron chi connectivity index (χ4n) is 3.45. The Balaban J connectivity index is 1.75. The number of amides is 1. The molecule has 1 amide bonds. The molecule has 0 heterocycles. The van der Waals surface area contributed by atoms with Crippen molar-refractivity contribution in [3.05, 3.63) is 12.2 Å². The van der Waals surface area contributed by atoms with Crippen molar-refractivity contribution in [1.82, 2.24) is 5.32 Å². The molecule has 0 aromatic heterocycles. The summed E-state index contributed by atoms with van der Waals surface area (Å²) in [5, 5.41) is 3.03. The van der Waals surface area contributed by atoms with Gasteiger partial charge in [0.1, 0.15) is 0 Å². The number of allylic oxidation sites excluding steroid dienone is 2. The SMILES string of the molecule is C[NH+](C)CCCNC(=O)CCCCCCCCCC[C@H]1C=CCC1. The average Bonchev–Trinajstić information content (AvgIpc) is 3.06. The lowest BCUT2D eigenvalue weighted by atomic mass is 9.99. The topological polar surface area (TPSA) is 33.5 Å². The van der Waals surface area contributed by atoms with Crippen LogP contribution < -0.4 is 10.2 Å². The van der Waals surface area contributed by atoms with Gasteiger partial charge in [0.25, 0.3) is 0 Å². The summed E-state index contributed by atoms with van der Waals surface area (Å²) in [6, 6.07) is 0. The zero-order chi connectivity index (χ0) is 17.5. The average molecular weight is 338 g/mol. The van der Waals surface area contributed by atoms with Crippen LogP contribution in [0.2, 0.25) is 0 Å². The van der Waals surface area contributed by atoms with E-state index in [-0.39, 0.29) is 5.91 Å². The lowest BCUT2D eigenvalue weighted by Gasteiger charge is -2.08. The molecule has 1 rings (SSSR count). The Bertz CT molecular complexity index is 339. The van der Waals surface area contributed by atoms with Crippen LogP contribution in [-0.2, 0) is 4.79 Å². The maximum absolute atomic E-state index is 11.7. The number of nitrogens with one attached hydrogen (secondary N) is 2. The fourth-order valence-corrected chi connectivity index (χ4v) is 3.45. The summed E-state index contributed by atoms with van der Waals surface area (Å²) >= 11 is 0. The van der Waals surface area contributed by atoms with Crippen molar-refractivity contribution in [2.24, 2.45) is 5.92 Å². The highest BCUT2D eigenvalue weighted by Gasteiger charge is 2.07. The van der Waals surface area contributed by atoms with Crippen LogP contribution in [-0.4, -0.2) is 33.1 Å². The van der Waals surface area contributed by atoms with Gasteiger partial charge >= 0.3 is 0 Å². The quantitative estimate of drug-likeness (QED) is 0.348. The standard InChI is InChI=1S/C21H40N2O/c1-23(2)19-13-18-22-21(24)17-10-8-6-4-3-5-7-9-14-20-15-11-12-16-20/h11,15,20H,3-10,12-14,16-19H2,1-2H3,(H,22,24)/p+1/t20-/m0/s1. The van der Waals surface area contributed by atoms with Crippen LogP contribution in [0.3, 0.4) is 0 Å². The molecule has 24 heavy (non-hydrogen) atoms. The van der Waals surface area contributed by atoms with Gasteiger partial charge in [-0.1, -0.05) is 57.1 Å². The first-order valence-electron chi connectivity index (χ1n) is 10.4. The van der Waals surface area contributed by atoms with E-state index in [2.05, 4.69) is 31.6 Å². The summed E-state index contributed by atoms with van der Waals surface area (Å²) in [6.45, 7) is 1.96. The molecule has 1 aliphatic rings. The van der Waals surface area contributed by atoms with Crippen LogP contribution >= 0.6 is 0 Å². The van der Waals surface area contributed by atoms with Crippen LogP contribution in [0.5, 0.6) is 0 Å². The van der Waals surface area contributed by atoms with Crippen molar-refractivity contribution in [3.8, 4) is 0 Å². The highest BCUT2D eigenvalue weighted by Crippen LogP contribution is 2.23. The number of quaternary nitrogens is 1. The first-order chi connectivity index (χ1) is 11.7. The third-order valence-corrected chi connectivity index (χ3v) is 5.02. The Labute approximate surface area is 150 Å². The maximum Gasteiger partial charge on any atom is 0.219 e. The van der Waals surface area contributed by atoms with Crippen LogP contribution in [0.15, 0.2) is 12.2 Å². The predicted molar refractivity (Wildman–Crippen MR) is 103 cm³/mol. The van der Waals surface area contributed by atoms with E-state index in [4.69, 9.17) is 0 Å². The third-order valence-electron chi connectivity index (χ3n) is 5.02. The van der Waals surface area contributed by atoms with Crippen LogP contribution in [0.4, 0.5) is 0 Å². The van der Waals surface area contributed by atoms with Gasteiger partial charge in [-0.25, -0.2) is 0 Å². The maximum atomic E-state index is 11.7. The highest BCUT2D eigenvalue weighted by atomic mass is 16.1. The second kappa shape index (κ2) is 14.5. The zero-order valence-corrected chi connectivity index (χ0v) is 16.2. The van der Waals surface area contributed by atoms with Gasteiger partial charge in [0.2, 0.25) is 5.91 Å². The second-order valence-corrected chi connectivity index (χ2v) is 7.79. The molecular weight excluding hydrogens is 296 g/mol. The minimum Gasteiger partial charge on any atom is -0.356 e. The molecule has 0 unspecified atom stereocenters. The molecule has 1 aliphatic carbocycles. The van der Waals surface area contributed by atoms with Gasteiger partial charge in [-0.05, 0) is 31.6 Å². The lowest BCUT2D eigenvalue weighted by molar-refractivity contribution is -0.858. The second-order valence-electron chi connectivity index (χ2n) is 7.79. The molecule has 3 heteroatoms. The van der Waals surface area contributed by atoms with Gasteiger partial charge in [0, 0.05) is 19.4 Å². The van der Waals surface area contributed by atoms with E-state index in [0.29, 0.717) is 6.42 Å². The van der Waals surface area contributed by atoms with Crippen molar-refractivity contribution >= 4 is 5.91 Å². The molecule has 0 saturated heterocycles. The van der Waals surface area contributed by atoms with Crippen molar-refractivity contribution < 1.29 is 9.69 Å². The summed E-state index contributed by atoms with van der Waals surface area (Å²) in [7, 11) is 4.30. The smallest absolute Gasteiger partial charge is 0.219 e. The Morgan fingerprint density at radius 1 is 1.00 bits per heavy atom. The molecule has 0 radical (unpaired) electrons. The summed E-state index contributed by atoms with van der Waals surface area (Å²) in [5.41, 5.74) is 0. The first kappa shape index (κ1) is 21.2. The molecule has 140 valence electrons. The Hall–Kier alpha value is -0.830. The molecule has 2 N–H and O–H groups in total. The van der Waals surface area contributed by atoms with E-state index in [1.54, 1.807) is 0 Å². The molecule has 0 aromatic carbocycles. The third kappa shape index (κ3) is 12.6. The number of carbonyl (C=O) groups excluding carboxylic acids is 1. The molecule has 1 atom stereocenters. The Kier molecular flexibility index (Phi) is 12.8. The highest BCUT2D eigenvalue weighted by molar-refractivity contribution is 5.75. The van der Waals surface area contributed by atoms with E-state index >= 15 is 0 Å². The van der Waals surface area contributed by atoms with E-state index in [1.165, 1.54) is 69.1 Å². The van der Waals surface area contributed by atoms with Crippen molar-refractivity contribution in [1.29, 1.82) is 0 Å². The number of hydrogen-bond acceptors (Lipinski definition) is 1. The number of unbranched alkanes of at least 4 members (excludes halogenated alkanes) is 7. The van der Waals surface area contributed by atoms with Crippen LogP contribution in [0.25, 0.3) is 0 Å². The fraction of sp³-hybridized carbons (Fsp3) is 0.857. The van der Waals surface area contributed by atoms with Crippen LogP contribution in [0, 0.1) is 5.92 Å². The molecule has 3 nitrogen and oxygen atoms in total. The lowest BCUT2D eigenvalue weighted by Crippen LogP contribution is -3.05. The number of hydrogen-bond donors (Lipinski definition) is 2. The first-order valence-corrected chi connectivity index (χ1v) is 10.4. The van der Waals surface area contributed by atoms with E-state index in [1.807, 2.05) is 0 Å². The van der Waals surface area contributed by atoms with Gasteiger partial charge in [-0.2, -0.15) is 0 Å². The zero-order valence-electron chi connectivity index (χ0n) is 16.2. The Morgan fingerprint density at radius 2 is 1.67 bits per heavy atom. The van der Waals surface area contributed by atoms with E-state index in [0.717, 1.165) is 31.8 Å². The summed E-state index contributed by atoms with van der Waals surface area (Å²) in [5.74, 6) is 1.13. The molecule has 0 spiro atoms. The van der Waals surface area contributed by atoms with Gasteiger partial charge in [0.05, 0.1) is 20.6 Å². The number of rotatable bonds is 15. The molecule has 0 saturated carbocycles. The van der Waals surface area contributed by atoms with Gasteiger partial charge in [0.15, 0.2) is 0 Å². The number of carbonyl (C=O) groups is 1. The van der Waals surface area contributed by atoms with E-state index in [9.17, 15) is 4.79 Å². The summed E-state index contributed by atoms with van der Waals surface area (Å²) < 4.78 is 0. The van der Waals surface area contributed by atoms with Gasteiger partial charge in [-0.3, -0.25) is 4.79 Å². The van der Waals surface area contributed by atoms with Crippen molar-refractivity contribution in [3.63, 3.8) is 0 Å².